The van der Waals surface area contributed by atoms with Crippen molar-refractivity contribution >= 4 is 5.97 Å². The number of hydrogen-bond acceptors (Lipinski definition) is 3. The van der Waals surface area contributed by atoms with Crippen LogP contribution in [0.1, 0.15) is 53.4 Å². The number of carboxylic acids is 1. The van der Waals surface area contributed by atoms with E-state index < -0.39 is 5.97 Å². The molecule has 0 aromatic rings. The van der Waals surface area contributed by atoms with Gasteiger partial charge in [0.2, 0.25) is 0 Å². The average molecular weight is 257 g/mol. The summed E-state index contributed by atoms with van der Waals surface area (Å²) in [7, 11) is 0. The topological polar surface area (TPSA) is 49.8 Å². The van der Waals surface area contributed by atoms with Gasteiger partial charge in [0.1, 0.15) is 0 Å². The number of carboxylic acid groups (broad SMARTS) is 1. The molecule has 1 N–H and O–H groups in total. The number of nitrogens with zero attached hydrogens (tertiary/aromatic N) is 1. The molecule has 0 aromatic heterocycles. The molecule has 0 radical (unpaired) electrons. The molecule has 1 heterocycles. The molecule has 1 aliphatic rings. The lowest BCUT2D eigenvalue weighted by Gasteiger charge is -2.44. The van der Waals surface area contributed by atoms with Crippen molar-refractivity contribution in [2.75, 3.05) is 13.2 Å². The lowest BCUT2D eigenvalue weighted by molar-refractivity contribution is -0.143. The Hall–Kier alpha value is -0.610. The summed E-state index contributed by atoms with van der Waals surface area (Å²) in [6.45, 7) is 9.36. The highest BCUT2D eigenvalue weighted by Gasteiger charge is 2.36. The third-order valence-electron chi connectivity index (χ3n) is 4.26. The maximum Gasteiger partial charge on any atom is 0.317 e. The largest absolute Gasteiger partial charge is 0.480 e. The molecule has 1 rings (SSSR count). The lowest BCUT2D eigenvalue weighted by atomic mass is 9.88. The fourth-order valence-corrected chi connectivity index (χ4v) is 2.67. The van der Waals surface area contributed by atoms with E-state index >= 15 is 0 Å². The van der Waals surface area contributed by atoms with Crippen LogP contribution in [-0.4, -0.2) is 46.8 Å². The van der Waals surface area contributed by atoms with Crippen LogP contribution in [0.15, 0.2) is 0 Å². The zero-order valence-electron chi connectivity index (χ0n) is 12.1. The number of ether oxygens (including phenoxy) is 1. The Kier molecular flexibility index (Phi) is 5.60. The Morgan fingerprint density at radius 1 is 1.56 bits per heavy atom. The van der Waals surface area contributed by atoms with E-state index in [9.17, 15) is 4.79 Å². The van der Waals surface area contributed by atoms with Crippen molar-refractivity contribution < 1.29 is 14.6 Å². The first-order valence-corrected chi connectivity index (χ1v) is 7.03. The van der Waals surface area contributed by atoms with Gasteiger partial charge in [0.15, 0.2) is 0 Å². The Bertz CT molecular complexity index is 282. The van der Waals surface area contributed by atoms with Crippen LogP contribution in [-0.2, 0) is 9.53 Å². The maximum atomic E-state index is 11.0. The van der Waals surface area contributed by atoms with Crippen LogP contribution in [0.25, 0.3) is 0 Å². The first-order valence-electron chi connectivity index (χ1n) is 7.03. The van der Waals surface area contributed by atoms with Crippen LogP contribution in [0, 0.1) is 0 Å². The summed E-state index contributed by atoms with van der Waals surface area (Å²) >= 11 is 0. The molecule has 0 aliphatic carbocycles. The zero-order chi connectivity index (χ0) is 13.8. The van der Waals surface area contributed by atoms with E-state index in [2.05, 4.69) is 32.6 Å². The third kappa shape index (κ3) is 3.95. The molecule has 3 atom stereocenters. The lowest BCUT2D eigenvalue weighted by Crippen LogP contribution is -2.51. The normalized spacial score (nSPS) is 30.4. The first-order chi connectivity index (χ1) is 8.41. The summed E-state index contributed by atoms with van der Waals surface area (Å²) in [6.07, 6.45) is 3.83. The van der Waals surface area contributed by atoms with Crippen molar-refractivity contribution in [2.24, 2.45) is 0 Å². The van der Waals surface area contributed by atoms with E-state index in [1.807, 2.05) is 0 Å². The quantitative estimate of drug-likeness (QED) is 0.794. The summed E-state index contributed by atoms with van der Waals surface area (Å²) in [4.78, 5) is 13.2. The molecular weight excluding hydrogens is 230 g/mol. The Labute approximate surface area is 110 Å². The predicted octanol–water partition coefficient (Wildman–Crippen LogP) is 2.52. The Morgan fingerprint density at radius 3 is 2.72 bits per heavy atom. The summed E-state index contributed by atoms with van der Waals surface area (Å²) in [5, 5.41) is 9.07. The molecule has 18 heavy (non-hydrogen) atoms. The van der Waals surface area contributed by atoms with E-state index in [-0.39, 0.29) is 12.1 Å². The average Bonchev–Trinajstić information content (AvgIpc) is 2.35. The standard InChI is InChI=1S/C14H27NO3/c1-5-11(3)15(10-13(16)17)12-7-8-18-14(4,6-2)9-12/h11-12H,5-10H2,1-4H3,(H,16,17). The first kappa shape index (κ1) is 15.4. The van der Waals surface area contributed by atoms with Crippen molar-refractivity contribution in [1.29, 1.82) is 0 Å². The number of carbonyl (C=O) groups is 1. The minimum absolute atomic E-state index is 0.0901. The smallest absolute Gasteiger partial charge is 0.317 e. The number of hydrogen-bond donors (Lipinski definition) is 1. The molecule has 0 bridgehead atoms. The van der Waals surface area contributed by atoms with Crippen molar-refractivity contribution in [3.05, 3.63) is 0 Å². The van der Waals surface area contributed by atoms with Gasteiger partial charge in [-0.25, -0.2) is 0 Å². The summed E-state index contributed by atoms with van der Waals surface area (Å²) in [5.41, 5.74) is -0.0901. The zero-order valence-corrected chi connectivity index (χ0v) is 12.1. The van der Waals surface area contributed by atoms with Gasteiger partial charge in [-0.05, 0) is 39.5 Å². The highest BCUT2D eigenvalue weighted by molar-refractivity contribution is 5.69. The van der Waals surface area contributed by atoms with E-state index in [1.54, 1.807) is 0 Å². The molecule has 0 amide bonds. The SMILES string of the molecule is CCC(C)N(CC(=O)O)C1CCOC(C)(CC)C1. The van der Waals surface area contributed by atoms with Gasteiger partial charge in [0.25, 0.3) is 0 Å². The van der Waals surface area contributed by atoms with Crippen molar-refractivity contribution in [3.8, 4) is 0 Å². The molecule has 0 spiro atoms. The molecule has 0 aromatic carbocycles. The third-order valence-corrected chi connectivity index (χ3v) is 4.26. The Balaban J connectivity index is 2.75. The van der Waals surface area contributed by atoms with Crippen molar-refractivity contribution in [3.63, 3.8) is 0 Å². The highest BCUT2D eigenvalue weighted by atomic mass is 16.5. The van der Waals surface area contributed by atoms with Crippen LogP contribution < -0.4 is 0 Å². The number of rotatable bonds is 6. The molecule has 1 saturated heterocycles. The Morgan fingerprint density at radius 2 is 2.22 bits per heavy atom. The molecule has 106 valence electrons. The van der Waals surface area contributed by atoms with Gasteiger partial charge < -0.3 is 9.84 Å². The second-order valence-electron chi connectivity index (χ2n) is 5.62. The van der Waals surface area contributed by atoms with Crippen LogP contribution in [0.4, 0.5) is 0 Å². The molecule has 4 heteroatoms. The molecular formula is C14H27NO3. The monoisotopic (exact) mass is 257 g/mol. The van der Waals surface area contributed by atoms with Gasteiger partial charge in [-0.3, -0.25) is 9.69 Å². The summed E-state index contributed by atoms with van der Waals surface area (Å²) in [6, 6.07) is 0.639. The molecule has 0 saturated carbocycles. The minimum Gasteiger partial charge on any atom is -0.480 e. The van der Waals surface area contributed by atoms with E-state index in [0.29, 0.717) is 12.1 Å². The second-order valence-corrected chi connectivity index (χ2v) is 5.62. The minimum atomic E-state index is -0.736. The van der Waals surface area contributed by atoms with Crippen LogP contribution >= 0.6 is 0 Å². The van der Waals surface area contributed by atoms with Gasteiger partial charge in [0, 0.05) is 18.7 Å². The van der Waals surface area contributed by atoms with Crippen LogP contribution in [0.2, 0.25) is 0 Å². The molecule has 4 nitrogen and oxygen atoms in total. The van der Waals surface area contributed by atoms with Crippen molar-refractivity contribution in [2.45, 2.75) is 71.1 Å². The molecule has 1 fully saturated rings. The van der Waals surface area contributed by atoms with Gasteiger partial charge >= 0.3 is 5.97 Å². The van der Waals surface area contributed by atoms with Crippen molar-refractivity contribution in [1.82, 2.24) is 4.90 Å². The van der Waals surface area contributed by atoms with Crippen LogP contribution in [0.3, 0.4) is 0 Å². The van der Waals surface area contributed by atoms with Gasteiger partial charge in [0.05, 0.1) is 12.1 Å². The number of aliphatic carboxylic acids is 1. The van der Waals surface area contributed by atoms with E-state index in [1.165, 1.54) is 0 Å². The van der Waals surface area contributed by atoms with Gasteiger partial charge in [-0.2, -0.15) is 0 Å². The fourth-order valence-electron chi connectivity index (χ4n) is 2.67. The van der Waals surface area contributed by atoms with Gasteiger partial charge in [-0.15, -0.1) is 0 Å². The highest BCUT2D eigenvalue weighted by Crippen LogP contribution is 2.31. The maximum absolute atomic E-state index is 11.0. The fraction of sp³-hybridized carbons (Fsp3) is 0.929. The van der Waals surface area contributed by atoms with E-state index in [0.717, 1.165) is 32.3 Å². The second kappa shape index (κ2) is 6.53. The molecule has 3 unspecified atom stereocenters. The summed E-state index contributed by atoms with van der Waals surface area (Å²) in [5.74, 6) is -0.736. The summed E-state index contributed by atoms with van der Waals surface area (Å²) < 4.78 is 5.84. The van der Waals surface area contributed by atoms with E-state index in [4.69, 9.17) is 9.84 Å². The van der Waals surface area contributed by atoms with Crippen LogP contribution in [0.5, 0.6) is 0 Å². The molecule has 1 aliphatic heterocycles. The predicted molar refractivity (Wildman–Crippen MR) is 71.8 cm³/mol. The van der Waals surface area contributed by atoms with Gasteiger partial charge in [-0.1, -0.05) is 13.8 Å².